The third-order valence-corrected chi connectivity index (χ3v) is 9.32. The highest BCUT2D eigenvalue weighted by Crippen LogP contribution is 2.61. The molecule has 0 aromatic carbocycles. The van der Waals surface area contributed by atoms with E-state index in [0.717, 1.165) is 12.8 Å². The van der Waals surface area contributed by atoms with Crippen LogP contribution in [0.15, 0.2) is 45.5 Å². The smallest absolute Gasteiger partial charge is 0.164 e. The van der Waals surface area contributed by atoms with Crippen LogP contribution in [-0.4, -0.2) is 55.5 Å². The summed E-state index contributed by atoms with van der Waals surface area (Å²) in [7, 11) is 1.32. The topological polar surface area (TPSA) is 68.2 Å². The van der Waals surface area contributed by atoms with E-state index in [1.54, 1.807) is 4.91 Å². The van der Waals surface area contributed by atoms with Gasteiger partial charge in [0.1, 0.15) is 19.8 Å². The van der Waals surface area contributed by atoms with Crippen molar-refractivity contribution in [3.63, 3.8) is 0 Å². The van der Waals surface area contributed by atoms with Crippen molar-refractivity contribution in [2.45, 2.75) is 45.8 Å². The predicted octanol–water partition coefficient (Wildman–Crippen LogP) is 2.40. The molecule has 3 aliphatic heterocycles. The monoisotopic (exact) mass is 400 g/mol. The average molecular weight is 400 g/mol. The van der Waals surface area contributed by atoms with Gasteiger partial charge in [0.15, 0.2) is 5.78 Å². The fraction of sp³-hybridized carbons (Fsp3) is 0.524. The van der Waals surface area contributed by atoms with Gasteiger partial charge in [0.25, 0.3) is 0 Å². The molecule has 7 heteroatoms. The molecule has 0 aromatic rings. The second-order valence-electron chi connectivity index (χ2n) is 8.60. The van der Waals surface area contributed by atoms with Gasteiger partial charge in [0.05, 0.1) is 5.57 Å². The van der Waals surface area contributed by atoms with Crippen molar-refractivity contribution in [3.8, 4) is 0 Å². The van der Waals surface area contributed by atoms with Crippen molar-refractivity contribution in [3.05, 3.63) is 45.5 Å². The van der Waals surface area contributed by atoms with Crippen LogP contribution in [0.1, 0.15) is 33.6 Å². The summed E-state index contributed by atoms with van der Waals surface area (Å²) in [5.41, 5.74) is 1.79. The minimum absolute atomic E-state index is 0.0301. The van der Waals surface area contributed by atoms with E-state index in [1.807, 2.05) is 6.20 Å². The van der Waals surface area contributed by atoms with Crippen molar-refractivity contribution in [1.82, 2.24) is 15.5 Å². The van der Waals surface area contributed by atoms with Gasteiger partial charge in [-0.3, -0.25) is 9.69 Å². The molecule has 3 heterocycles. The maximum Gasteiger partial charge on any atom is 0.164 e. The summed E-state index contributed by atoms with van der Waals surface area (Å²) in [6.45, 7) is 7.17. The Hall–Kier alpha value is -1.73. The molecule has 3 rings (SSSR count). The first kappa shape index (κ1) is 21.0. The molecule has 3 aliphatic rings. The summed E-state index contributed by atoms with van der Waals surface area (Å²) in [4.78, 5) is 16.0. The Morgan fingerprint density at radius 2 is 2.25 bits per heavy atom. The number of likely N-dealkylation sites (tertiary alicyclic amines) is 1. The molecule has 0 saturated carbocycles. The zero-order chi connectivity index (χ0) is 20.5. The molecular formula is C21H33BN4OS. The fourth-order valence-corrected chi connectivity index (χ4v) is 8.73. The minimum Gasteiger partial charge on any atom is -0.352 e. The molecule has 1 fully saturated rings. The lowest BCUT2D eigenvalue weighted by molar-refractivity contribution is -0.113. The molecule has 5 nitrogen and oxygen atoms in total. The molecule has 3 N–H and O–H groups in total. The van der Waals surface area contributed by atoms with Crippen molar-refractivity contribution in [2.24, 2.45) is 5.92 Å². The Balaban J connectivity index is 1.87. The first-order chi connectivity index (χ1) is 13.2. The molecule has 0 amide bonds. The van der Waals surface area contributed by atoms with E-state index in [1.165, 1.54) is 31.0 Å². The van der Waals surface area contributed by atoms with Gasteiger partial charge in [0, 0.05) is 25.0 Å². The van der Waals surface area contributed by atoms with Gasteiger partial charge in [-0.05, 0) is 54.1 Å². The largest absolute Gasteiger partial charge is 0.352 e. The Bertz CT molecular complexity index is 785. The first-order valence-electron chi connectivity index (χ1n) is 10.1. The average Bonchev–Trinajstić information content (AvgIpc) is 3.18. The van der Waals surface area contributed by atoms with Gasteiger partial charge in [-0.15, -0.1) is 0 Å². The number of carbonyl (C=O) groups excluding carboxylic acids is 1. The van der Waals surface area contributed by atoms with Crippen molar-refractivity contribution < 1.29 is 4.79 Å². The highest BCUT2D eigenvalue weighted by atomic mass is 32.3. The quantitative estimate of drug-likeness (QED) is 0.364. The van der Waals surface area contributed by atoms with Gasteiger partial charge in [-0.2, -0.15) is 10.0 Å². The number of hydrogen-bond donors (Lipinski definition) is 3. The van der Waals surface area contributed by atoms with Crippen LogP contribution in [-0.2, 0) is 4.79 Å². The van der Waals surface area contributed by atoms with Gasteiger partial charge in [-0.1, -0.05) is 25.4 Å². The van der Waals surface area contributed by atoms with Crippen LogP contribution in [0.3, 0.4) is 0 Å². The van der Waals surface area contributed by atoms with E-state index in [9.17, 15) is 4.79 Å². The number of rotatable bonds is 6. The maximum atomic E-state index is 11.9. The normalized spacial score (nSPS) is 34.2. The summed E-state index contributed by atoms with van der Waals surface area (Å²) in [6.07, 6.45) is 12.4. The van der Waals surface area contributed by atoms with E-state index >= 15 is 0 Å². The third-order valence-electron chi connectivity index (χ3n) is 5.61. The second-order valence-corrected chi connectivity index (χ2v) is 12.0. The highest BCUT2D eigenvalue weighted by molar-refractivity contribution is 8.38. The van der Waals surface area contributed by atoms with Crippen molar-refractivity contribution in [1.29, 1.82) is 5.41 Å². The van der Waals surface area contributed by atoms with E-state index in [4.69, 9.17) is 5.41 Å². The molecule has 152 valence electrons. The molecule has 0 spiro atoms. The number of allylic oxidation sites excluding steroid dienone is 3. The summed E-state index contributed by atoms with van der Waals surface area (Å²) in [5, 5.41) is 16.7. The van der Waals surface area contributed by atoms with Crippen molar-refractivity contribution in [2.75, 3.05) is 18.6 Å². The van der Waals surface area contributed by atoms with Crippen LogP contribution in [0.4, 0.5) is 0 Å². The maximum absolute atomic E-state index is 11.9. The van der Waals surface area contributed by atoms with Crippen LogP contribution in [0.5, 0.6) is 0 Å². The number of hydrogen-bond acceptors (Lipinski definition) is 5. The van der Waals surface area contributed by atoms with E-state index in [0.29, 0.717) is 23.4 Å². The minimum atomic E-state index is -0.908. The molecule has 1 saturated heterocycles. The van der Waals surface area contributed by atoms with E-state index in [-0.39, 0.29) is 11.9 Å². The Kier molecular flexibility index (Phi) is 6.25. The summed E-state index contributed by atoms with van der Waals surface area (Å²) in [6, 6.07) is 0.426. The molecule has 0 radical (unpaired) electrons. The summed E-state index contributed by atoms with van der Waals surface area (Å²) >= 11 is 0. The van der Waals surface area contributed by atoms with Gasteiger partial charge < -0.3 is 16.0 Å². The van der Waals surface area contributed by atoms with E-state index in [2.05, 4.69) is 61.0 Å². The van der Waals surface area contributed by atoms with Gasteiger partial charge in [-0.25, -0.2) is 0 Å². The number of carbonyl (C=O) groups is 1. The molecule has 28 heavy (non-hydrogen) atoms. The predicted molar refractivity (Wildman–Crippen MR) is 123 cm³/mol. The van der Waals surface area contributed by atoms with Crippen LogP contribution in [0.25, 0.3) is 0 Å². The first-order valence-corrected chi connectivity index (χ1v) is 12.4. The highest BCUT2D eigenvalue weighted by Gasteiger charge is 2.39. The SMILES string of the molecule is BC1=CS(C)(CC(C)C)C(C2CCCN2C2C=CN/C(=C(\C=N)C(C)=O)N2)=C1. The lowest BCUT2D eigenvalue weighted by atomic mass is 9.96. The van der Waals surface area contributed by atoms with Crippen LogP contribution in [0, 0.1) is 11.3 Å². The second kappa shape index (κ2) is 8.33. The van der Waals surface area contributed by atoms with Gasteiger partial charge in [0.2, 0.25) is 0 Å². The molecule has 3 unspecified atom stereocenters. The lowest BCUT2D eigenvalue weighted by Crippen LogP contribution is -2.51. The molecule has 0 bridgehead atoms. The Morgan fingerprint density at radius 1 is 1.50 bits per heavy atom. The summed E-state index contributed by atoms with van der Waals surface area (Å²) < 4.78 is 0. The van der Waals surface area contributed by atoms with Crippen molar-refractivity contribution >= 4 is 29.9 Å². The van der Waals surface area contributed by atoms with Crippen LogP contribution < -0.4 is 10.6 Å². The number of nitrogens with zero attached hydrogens (tertiary/aromatic N) is 1. The van der Waals surface area contributed by atoms with Crippen LogP contribution >= 0.6 is 10.0 Å². The third kappa shape index (κ3) is 4.15. The molecule has 0 aromatic heterocycles. The van der Waals surface area contributed by atoms with Gasteiger partial charge >= 0.3 is 0 Å². The molecular weight excluding hydrogens is 367 g/mol. The zero-order valence-corrected chi connectivity index (χ0v) is 18.5. The lowest BCUT2D eigenvalue weighted by Gasteiger charge is -2.42. The Labute approximate surface area is 171 Å². The molecule has 0 aliphatic carbocycles. The molecule has 3 atom stereocenters. The number of Topliss-reactive ketones (excluding diaryl/α,β-unsaturated/α-hetero) is 1. The summed E-state index contributed by atoms with van der Waals surface area (Å²) in [5.74, 6) is 2.44. The number of ketones is 1. The fourth-order valence-electron chi connectivity index (χ4n) is 4.70. The number of nitrogens with one attached hydrogen (secondary N) is 3. The van der Waals surface area contributed by atoms with Crippen LogP contribution in [0.2, 0.25) is 0 Å². The van der Waals surface area contributed by atoms with E-state index < -0.39 is 10.0 Å². The standard InChI is InChI=1S/C21H33BN4OS/c1-14(2)12-28(4)13-16(22)10-19(28)18-6-5-9-26(18)20-7-8-24-21(25-20)17(11-23)15(3)27/h7-8,10-11,13-14,18,20,23-25H,5-6,9,12,22H2,1-4H3/b21-17-,23-11?. The zero-order valence-electron chi connectivity index (χ0n) is 17.7. The Morgan fingerprint density at radius 3 is 2.89 bits per heavy atom.